The Hall–Kier alpha value is -2.99. The molecule has 33 heavy (non-hydrogen) atoms. The minimum absolute atomic E-state index is 0.00337. The first kappa shape index (κ1) is 23.2. The summed E-state index contributed by atoms with van der Waals surface area (Å²) in [6.45, 7) is 2.34. The first-order valence-electron chi connectivity index (χ1n) is 11.0. The number of hydrogen-bond acceptors (Lipinski definition) is 6. The Morgan fingerprint density at radius 1 is 1.03 bits per heavy atom. The monoisotopic (exact) mass is 477 g/mol. The van der Waals surface area contributed by atoms with Gasteiger partial charge in [-0.1, -0.05) is 25.3 Å². The van der Waals surface area contributed by atoms with E-state index < -0.39 is 33.4 Å². The number of hydrogen-bond donors (Lipinski definition) is 2. The van der Waals surface area contributed by atoms with Crippen LogP contribution < -0.4 is 10.7 Å². The summed E-state index contributed by atoms with van der Waals surface area (Å²) in [6.07, 6.45) is 3.66. The van der Waals surface area contributed by atoms with Gasteiger partial charge in [-0.3, -0.25) is 19.8 Å². The third-order valence-electron chi connectivity index (χ3n) is 6.50. The number of carbonyl (C=O) groups is 4. The lowest BCUT2D eigenvalue weighted by molar-refractivity contribution is -0.134. The van der Waals surface area contributed by atoms with Gasteiger partial charge in [-0.05, 0) is 31.0 Å². The van der Waals surface area contributed by atoms with Crippen LogP contribution in [0.4, 0.5) is 4.79 Å². The number of nitrogens with zero attached hydrogens (tertiary/aromatic N) is 3. The first-order valence-corrected chi connectivity index (χ1v) is 12.4. The molecule has 0 unspecified atom stereocenters. The third kappa shape index (κ3) is 4.32. The zero-order valence-corrected chi connectivity index (χ0v) is 19.2. The van der Waals surface area contributed by atoms with E-state index >= 15 is 0 Å². The van der Waals surface area contributed by atoms with Crippen molar-refractivity contribution >= 4 is 33.8 Å². The summed E-state index contributed by atoms with van der Waals surface area (Å²) in [4.78, 5) is 51.0. The number of amides is 5. The van der Waals surface area contributed by atoms with Crippen LogP contribution in [-0.2, 0) is 19.6 Å². The van der Waals surface area contributed by atoms with Crippen molar-refractivity contribution in [1.82, 2.24) is 25.0 Å². The standard InChI is InChI=1S/C21H27N5O6S/c1-15(27)24-10-12-25(13-11-24)33(31,32)17-7-5-6-16(14-17)18(28)23-26-19(29)21(22-20(26)30)8-3-2-4-9-21/h5-7,14H,2-4,8-13H2,1H3,(H,22,30)(H,23,28). The molecule has 5 amide bonds. The lowest BCUT2D eigenvalue weighted by atomic mass is 9.82. The highest BCUT2D eigenvalue weighted by atomic mass is 32.2. The molecule has 2 heterocycles. The first-order chi connectivity index (χ1) is 15.6. The van der Waals surface area contributed by atoms with E-state index in [0.717, 1.165) is 19.3 Å². The highest BCUT2D eigenvalue weighted by Crippen LogP contribution is 2.33. The van der Waals surface area contributed by atoms with Gasteiger partial charge in [0.2, 0.25) is 15.9 Å². The SMILES string of the molecule is CC(=O)N1CCN(S(=O)(=O)c2cccc(C(=O)NN3C(=O)NC4(CCCCC4)C3=O)c2)CC1. The molecular formula is C21H27N5O6S. The maximum absolute atomic E-state index is 13.1. The van der Waals surface area contributed by atoms with E-state index in [0.29, 0.717) is 30.9 Å². The molecule has 0 atom stereocenters. The summed E-state index contributed by atoms with van der Waals surface area (Å²) in [5, 5.41) is 3.40. The molecule has 1 saturated carbocycles. The number of nitrogens with one attached hydrogen (secondary N) is 2. The molecule has 1 aromatic rings. The molecule has 1 aliphatic carbocycles. The number of sulfonamides is 1. The van der Waals surface area contributed by atoms with Crippen molar-refractivity contribution in [3.05, 3.63) is 29.8 Å². The minimum atomic E-state index is -3.88. The number of hydrazine groups is 1. The number of carbonyl (C=O) groups excluding carboxylic acids is 4. The van der Waals surface area contributed by atoms with E-state index in [4.69, 9.17) is 0 Å². The molecule has 0 radical (unpaired) electrons. The van der Waals surface area contributed by atoms with Crippen molar-refractivity contribution in [2.24, 2.45) is 0 Å². The largest absolute Gasteiger partial charge is 0.344 e. The van der Waals surface area contributed by atoms with Crippen LogP contribution in [-0.4, -0.2) is 78.1 Å². The van der Waals surface area contributed by atoms with E-state index in [1.54, 1.807) is 4.90 Å². The number of benzene rings is 1. The van der Waals surface area contributed by atoms with Gasteiger partial charge in [0.15, 0.2) is 0 Å². The molecule has 178 valence electrons. The minimum Gasteiger partial charge on any atom is -0.340 e. The van der Waals surface area contributed by atoms with E-state index in [1.165, 1.54) is 35.5 Å². The fraction of sp³-hybridized carbons (Fsp3) is 0.524. The van der Waals surface area contributed by atoms with Crippen molar-refractivity contribution in [3.63, 3.8) is 0 Å². The number of urea groups is 1. The van der Waals surface area contributed by atoms with Crippen molar-refractivity contribution in [3.8, 4) is 0 Å². The smallest absolute Gasteiger partial charge is 0.340 e. The van der Waals surface area contributed by atoms with Gasteiger partial charge in [0.25, 0.3) is 11.8 Å². The Balaban J connectivity index is 1.47. The summed E-state index contributed by atoms with van der Waals surface area (Å²) in [7, 11) is -3.88. The summed E-state index contributed by atoms with van der Waals surface area (Å²) in [5.74, 6) is -1.36. The Labute approximate surface area is 192 Å². The van der Waals surface area contributed by atoms with E-state index in [-0.39, 0.29) is 29.5 Å². The predicted molar refractivity (Wildman–Crippen MR) is 116 cm³/mol. The highest BCUT2D eigenvalue weighted by Gasteiger charge is 2.52. The summed E-state index contributed by atoms with van der Waals surface area (Å²) in [6, 6.07) is 4.76. The summed E-state index contributed by atoms with van der Waals surface area (Å²) >= 11 is 0. The van der Waals surface area contributed by atoms with Crippen molar-refractivity contribution in [2.45, 2.75) is 49.5 Å². The third-order valence-corrected chi connectivity index (χ3v) is 8.39. The van der Waals surface area contributed by atoms with Crippen LogP contribution in [0.1, 0.15) is 49.4 Å². The van der Waals surface area contributed by atoms with Crippen LogP contribution in [0, 0.1) is 0 Å². The van der Waals surface area contributed by atoms with Crippen LogP contribution in [0.5, 0.6) is 0 Å². The Morgan fingerprint density at radius 2 is 1.70 bits per heavy atom. The van der Waals surface area contributed by atoms with Gasteiger partial charge in [-0.25, -0.2) is 13.2 Å². The van der Waals surface area contributed by atoms with E-state index in [2.05, 4.69) is 10.7 Å². The molecule has 3 fully saturated rings. The molecule has 12 heteroatoms. The summed E-state index contributed by atoms with van der Waals surface area (Å²) in [5.41, 5.74) is 1.35. The molecule has 11 nitrogen and oxygen atoms in total. The lowest BCUT2D eigenvalue weighted by Gasteiger charge is -2.33. The van der Waals surface area contributed by atoms with Crippen LogP contribution in [0.25, 0.3) is 0 Å². The fourth-order valence-corrected chi connectivity index (χ4v) is 6.04. The van der Waals surface area contributed by atoms with Crippen LogP contribution in [0.3, 0.4) is 0 Å². The molecule has 3 aliphatic rings. The van der Waals surface area contributed by atoms with Gasteiger partial charge in [-0.15, -0.1) is 0 Å². The lowest BCUT2D eigenvalue weighted by Crippen LogP contribution is -2.51. The zero-order chi connectivity index (χ0) is 23.8. The topological polar surface area (TPSA) is 136 Å². The van der Waals surface area contributed by atoms with Gasteiger partial charge in [0.05, 0.1) is 4.90 Å². The summed E-state index contributed by atoms with van der Waals surface area (Å²) < 4.78 is 27.4. The van der Waals surface area contributed by atoms with Gasteiger partial charge >= 0.3 is 6.03 Å². The van der Waals surface area contributed by atoms with Crippen LogP contribution in [0.2, 0.25) is 0 Å². The molecule has 4 rings (SSSR count). The van der Waals surface area contributed by atoms with E-state index in [1.807, 2.05) is 0 Å². The molecule has 2 aliphatic heterocycles. The predicted octanol–water partition coefficient (Wildman–Crippen LogP) is 0.439. The quantitative estimate of drug-likeness (QED) is 0.604. The zero-order valence-electron chi connectivity index (χ0n) is 18.4. The Morgan fingerprint density at radius 3 is 2.33 bits per heavy atom. The van der Waals surface area contributed by atoms with Gasteiger partial charge in [0, 0.05) is 38.7 Å². The molecular weight excluding hydrogens is 450 g/mol. The van der Waals surface area contributed by atoms with Crippen LogP contribution in [0.15, 0.2) is 29.2 Å². The van der Waals surface area contributed by atoms with E-state index in [9.17, 15) is 27.6 Å². The second-order valence-electron chi connectivity index (χ2n) is 8.59. The average molecular weight is 478 g/mol. The van der Waals surface area contributed by atoms with Gasteiger partial charge in [0.1, 0.15) is 5.54 Å². The molecule has 0 aromatic heterocycles. The molecule has 0 bridgehead atoms. The maximum atomic E-state index is 13.1. The fourth-order valence-electron chi connectivity index (χ4n) is 4.57. The maximum Gasteiger partial charge on any atom is 0.344 e. The molecule has 2 saturated heterocycles. The second-order valence-corrected chi connectivity index (χ2v) is 10.5. The second kappa shape index (κ2) is 8.75. The number of rotatable bonds is 4. The van der Waals surface area contributed by atoms with Crippen molar-refractivity contribution in [2.75, 3.05) is 26.2 Å². The normalized spacial score (nSPS) is 21.2. The Kier molecular flexibility index (Phi) is 6.14. The molecule has 1 spiro atoms. The van der Waals surface area contributed by atoms with Gasteiger partial charge in [-0.2, -0.15) is 9.31 Å². The van der Waals surface area contributed by atoms with Crippen LogP contribution >= 0.6 is 0 Å². The van der Waals surface area contributed by atoms with Gasteiger partial charge < -0.3 is 10.2 Å². The Bertz CT molecular complexity index is 1090. The molecule has 2 N–H and O–H groups in total. The highest BCUT2D eigenvalue weighted by molar-refractivity contribution is 7.89. The number of imide groups is 1. The molecule has 1 aromatic carbocycles. The van der Waals surface area contributed by atoms with Crippen molar-refractivity contribution in [1.29, 1.82) is 0 Å². The van der Waals surface area contributed by atoms with Crippen molar-refractivity contribution < 1.29 is 27.6 Å². The average Bonchev–Trinajstić information content (AvgIpc) is 3.03. The number of piperazine rings is 1.